The molecular weight excluding hydrogens is 375 g/mol. The molecule has 1 fully saturated rings. The van der Waals surface area contributed by atoms with Crippen molar-refractivity contribution in [2.45, 2.75) is 11.6 Å². The fraction of sp³-hybridized carbons (Fsp3) is 0.235. The molecule has 1 aliphatic rings. The number of anilines is 1. The topological polar surface area (TPSA) is 29.5 Å². The number of alkyl halides is 3. The highest BCUT2D eigenvalue weighted by molar-refractivity contribution is 8.00. The first-order chi connectivity index (χ1) is 11.8. The van der Waals surface area contributed by atoms with Crippen LogP contribution in [-0.2, 0) is 11.0 Å². The van der Waals surface area contributed by atoms with E-state index in [1.54, 1.807) is 24.3 Å². The van der Waals surface area contributed by atoms with Crippen molar-refractivity contribution in [3.05, 3.63) is 58.6 Å². The summed E-state index contributed by atoms with van der Waals surface area (Å²) in [7, 11) is 1.48. The Labute approximate surface area is 151 Å². The van der Waals surface area contributed by atoms with Crippen molar-refractivity contribution in [2.75, 3.05) is 17.8 Å². The summed E-state index contributed by atoms with van der Waals surface area (Å²) in [5, 5.41) is -0.216. The van der Waals surface area contributed by atoms with E-state index in [2.05, 4.69) is 0 Å². The van der Waals surface area contributed by atoms with Gasteiger partial charge in [-0.1, -0.05) is 23.7 Å². The van der Waals surface area contributed by atoms with Crippen molar-refractivity contribution in [3.63, 3.8) is 0 Å². The molecule has 0 aliphatic carbocycles. The smallest absolute Gasteiger partial charge is 0.416 e. The third-order valence-corrected chi connectivity index (χ3v) is 5.29. The first-order valence-corrected chi connectivity index (χ1v) is 8.68. The lowest BCUT2D eigenvalue weighted by Crippen LogP contribution is -2.28. The number of carbonyl (C=O) groups excluding carboxylic acids is 1. The van der Waals surface area contributed by atoms with Crippen LogP contribution in [0.2, 0.25) is 5.02 Å². The number of hydrogen-bond donors (Lipinski definition) is 0. The molecule has 8 heteroatoms. The molecule has 0 bridgehead atoms. The summed E-state index contributed by atoms with van der Waals surface area (Å²) in [5.74, 6) is 0.457. The van der Waals surface area contributed by atoms with Crippen LogP contribution >= 0.6 is 23.4 Å². The number of halogens is 4. The van der Waals surface area contributed by atoms with Gasteiger partial charge in [0.05, 0.1) is 23.4 Å². The molecule has 0 spiro atoms. The van der Waals surface area contributed by atoms with Crippen LogP contribution in [0.25, 0.3) is 0 Å². The Hall–Kier alpha value is -1.86. The van der Waals surface area contributed by atoms with Gasteiger partial charge >= 0.3 is 6.18 Å². The number of nitrogens with zero attached hydrogens (tertiary/aromatic N) is 1. The SMILES string of the molecule is COc1ccc(N2C(=O)CS[C@@H]2c2cccc(C(F)(F)F)c2)cc1Cl. The van der Waals surface area contributed by atoms with Crippen LogP contribution in [0.1, 0.15) is 16.5 Å². The molecule has 0 radical (unpaired) electrons. The zero-order chi connectivity index (χ0) is 18.2. The van der Waals surface area contributed by atoms with E-state index in [0.717, 1.165) is 12.1 Å². The second-order valence-electron chi connectivity index (χ2n) is 5.37. The predicted molar refractivity (Wildman–Crippen MR) is 92.1 cm³/mol. The summed E-state index contributed by atoms with van der Waals surface area (Å²) in [6.07, 6.45) is -4.43. The number of benzene rings is 2. The second-order valence-corrected chi connectivity index (χ2v) is 6.84. The van der Waals surface area contributed by atoms with Gasteiger partial charge < -0.3 is 4.74 Å². The average Bonchev–Trinajstić information content (AvgIpc) is 2.96. The van der Waals surface area contributed by atoms with Gasteiger partial charge in [-0.05, 0) is 35.9 Å². The van der Waals surface area contributed by atoms with E-state index in [0.29, 0.717) is 22.0 Å². The Morgan fingerprint density at radius 1 is 1.24 bits per heavy atom. The third kappa shape index (κ3) is 3.57. The average molecular weight is 388 g/mol. The maximum atomic E-state index is 13.0. The Balaban J connectivity index is 1.99. The van der Waals surface area contributed by atoms with E-state index in [-0.39, 0.29) is 11.7 Å². The van der Waals surface area contributed by atoms with Crippen molar-refractivity contribution in [2.24, 2.45) is 0 Å². The molecule has 3 rings (SSSR count). The minimum atomic E-state index is -4.43. The van der Waals surface area contributed by atoms with Gasteiger partial charge in [-0.25, -0.2) is 0 Å². The lowest BCUT2D eigenvalue weighted by atomic mass is 10.1. The van der Waals surface area contributed by atoms with Gasteiger partial charge in [-0.2, -0.15) is 13.2 Å². The molecule has 2 aromatic carbocycles. The van der Waals surface area contributed by atoms with Crippen LogP contribution in [0.3, 0.4) is 0 Å². The van der Waals surface area contributed by atoms with Gasteiger partial charge in [0.15, 0.2) is 0 Å². The Kier molecular flexibility index (Phi) is 4.88. The first kappa shape index (κ1) is 17.9. The van der Waals surface area contributed by atoms with Gasteiger partial charge in [-0.15, -0.1) is 11.8 Å². The molecule has 1 atom stereocenters. The number of amides is 1. The molecular formula is C17H13ClF3NO2S. The largest absolute Gasteiger partial charge is 0.495 e. The van der Waals surface area contributed by atoms with Crippen LogP contribution in [0.4, 0.5) is 18.9 Å². The van der Waals surface area contributed by atoms with Gasteiger partial charge in [-0.3, -0.25) is 9.69 Å². The number of hydrogen-bond acceptors (Lipinski definition) is 3. The summed E-state index contributed by atoms with van der Waals surface area (Å²) < 4.78 is 44.0. The van der Waals surface area contributed by atoms with E-state index in [1.165, 1.54) is 29.8 Å². The van der Waals surface area contributed by atoms with Crippen molar-refractivity contribution in [3.8, 4) is 5.75 Å². The van der Waals surface area contributed by atoms with E-state index in [4.69, 9.17) is 16.3 Å². The molecule has 0 unspecified atom stereocenters. The second kappa shape index (κ2) is 6.80. The Morgan fingerprint density at radius 2 is 2.00 bits per heavy atom. The normalized spacial score (nSPS) is 17.9. The van der Waals surface area contributed by atoms with Crippen LogP contribution in [0.5, 0.6) is 5.75 Å². The molecule has 0 aromatic heterocycles. The molecule has 25 heavy (non-hydrogen) atoms. The molecule has 0 saturated carbocycles. The number of methoxy groups -OCH3 is 1. The minimum absolute atomic E-state index is 0.185. The van der Waals surface area contributed by atoms with Crippen molar-refractivity contribution < 1.29 is 22.7 Å². The third-order valence-electron chi connectivity index (χ3n) is 3.78. The minimum Gasteiger partial charge on any atom is -0.495 e. The maximum Gasteiger partial charge on any atom is 0.416 e. The molecule has 1 heterocycles. The van der Waals surface area contributed by atoms with Gasteiger partial charge in [0.25, 0.3) is 0 Å². The molecule has 1 saturated heterocycles. The Bertz CT molecular complexity index is 813. The first-order valence-electron chi connectivity index (χ1n) is 7.25. The molecule has 1 aliphatic heterocycles. The monoisotopic (exact) mass is 387 g/mol. The highest BCUT2D eigenvalue weighted by atomic mass is 35.5. The van der Waals surface area contributed by atoms with E-state index in [1.807, 2.05) is 0 Å². The summed E-state index contributed by atoms with van der Waals surface area (Å²) >= 11 is 7.39. The molecule has 132 valence electrons. The summed E-state index contributed by atoms with van der Waals surface area (Å²) in [6.45, 7) is 0. The lowest BCUT2D eigenvalue weighted by molar-refractivity contribution is -0.137. The van der Waals surface area contributed by atoms with Crippen LogP contribution in [-0.4, -0.2) is 18.8 Å². The number of carbonyl (C=O) groups is 1. The number of rotatable bonds is 3. The lowest BCUT2D eigenvalue weighted by Gasteiger charge is -2.25. The van der Waals surface area contributed by atoms with Crippen LogP contribution in [0.15, 0.2) is 42.5 Å². The maximum absolute atomic E-state index is 13.0. The van der Waals surface area contributed by atoms with Crippen molar-refractivity contribution in [1.82, 2.24) is 0 Å². The zero-order valence-electron chi connectivity index (χ0n) is 13.0. The number of thioether (sulfide) groups is 1. The van der Waals surface area contributed by atoms with Crippen molar-refractivity contribution >= 4 is 35.0 Å². The zero-order valence-corrected chi connectivity index (χ0v) is 14.6. The summed E-state index contributed by atoms with van der Waals surface area (Å²) in [5.41, 5.74) is 0.193. The fourth-order valence-electron chi connectivity index (χ4n) is 2.62. The molecule has 2 aromatic rings. The highest BCUT2D eigenvalue weighted by Crippen LogP contribution is 2.44. The van der Waals surface area contributed by atoms with Crippen molar-refractivity contribution in [1.29, 1.82) is 0 Å². The summed E-state index contributed by atoms with van der Waals surface area (Å²) in [4.78, 5) is 13.8. The Morgan fingerprint density at radius 3 is 2.64 bits per heavy atom. The number of ether oxygens (including phenoxy) is 1. The van der Waals surface area contributed by atoms with Crippen LogP contribution in [0, 0.1) is 0 Å². The molecule has 1 amide bonds. The summed E-state index contributed by atoms with van der Waals surface area (Å²) in [6, 6.07) is 9.88. The van der Waals surface area contributed by atoms with E-state index < -0.39 is 17.1 Å². The van der Waals surface area contributed by atoms with Gasteiger partial charge in [0.2, 0.25) is 5.91 Å². The predicted octanol–water partition coefficient (Wildman–Crippen LogP) is 5.15. The molecule has 3 nitrogen and oxygen atoms in total. The molecule has 0 N–H and O–H groups in total. The van der Waals surface area contributed by atoms with Crippen LogP contribution < -0.4 is 9.64 Å². The quantitative estimate of drug-likeness (QED) is 0.729. The van der Waals surface area contributed by atoms with E-state index >= 15 is 0 Å². The highest BCUT2D eigenvalue weighted by Gasteiger charge is 2.36. The van der Waals surface area contributed by atoms with Gasteiger partial charge in [0, 0.05) is 5.69 Å². The van der Waals surface area contributed by atoms with E-state index in [9.17, 15) is 18.0 Å². The fourth-order valence-corrected chi connectivity index (χ4v) is 4.04. The standard InChI is InChI=1S/C17H13ClF3NO2S/c1-24-14-6-5-12(8-13(14)18)22-15(23)9-25-16(22)10-3-2-4-11(7-10)17(19,20)21/h2-8,16H,9H2,1H3/t16-/m1/s1. The van der Waals surface area contributed by atoms with Gasteiger partial charge in [0.1, 0.15) is 11.1 Å².